The molecular formula is C15H25N3O. The van der Waals surface area contributed by atoms with Crippen molar-refractivity contribution in [2.75, 3.05) is 5.73 Å². The predicted octanol–water partition coefficient (Wildman–Crippen LogP) is 2.92. The monoisotopic (exact) mass is 263 g/mol. The number of aromatic nitrogens is 1. The van der Waals surface area contributed by atoms with Gasteiger partial charge in [-0.25, -0.2) is 0 Å². The van der Waals surface area contributed by atoms with Crippen molar-refractivity contribution < 1.29 is 4.79 Å². The summed E-state index contributed by atoms with van der Waals surface area (Å²) in [7, 11) is 0. The normalized spacial score (nSPS) is 12.3. The second-order valence-electron chi connectivity index (χ2n) is 6.98. The number of amides is 1. The van der Waals surface area contributed by atoms with Gasteiger partial charge >= 0.3 is 0 Å². The first-order chi connectivity index (χ1) is 8.50. The number of anilines is 1. The van der Waals surface area contributed by atoms with Crippen LogP contribution in [-0.4, -0.2) is 16.4 Å². The third-order valence-corrected chi connectivity index (χ3v) is 2.78. The van der Waals surface area contributed by atoms with E-state index < -0.39 is 0 Å². The SMILES string of the molecule is Cc1ncc(N)cc1C(=O)NC(C)(C)CC(C)(C)C. The lowest BCUT2D eigenvalue weighted by Gasteiger charge is -2.33. The minimum Gasteiger partial charge on any atom is -0.397 e. The van der Waals surface area contributed by atoms with E-state index in [9.17, 15) is 4.79 Å². The van der Waals surface area contributed by atoms with Crippen LogP contribution in [0.4, 0.5) is 5.69 Å². The highest BCUT2D eigenvalue weighted by molar-refractivity contribution is 5.96. The molecule has 0 saturated heterocycles. The van der Waals surface area contributed by atoms with E-state index in [0.29, 0.717) is 16.9 Å². The second-order valence-corrected chi connectivity index (χ2v) is 6.98. The molecule has 0 aliphatic rings. The van der Waals surface area contributed by atoms with E-state index in [0.717, 1.165) is 6.42 Å². The summed E-state index contributed by atoms with van der Waals surface area (Å²) in [6, 6.07) is 1.67. The Kier molecular flexibility index (Phi) is 4.23. The van der Waals surface area contributed by atoms with Crippen LogP contribution in [0.5, 0.6) is 0 Å². The van der Waals surface area contributed by atoms with Gasteiger partial charge in [-0.2, -0.15) is 0 Å². The zero-order chi connectivity index (χ0) is 14.8. The summed E-state index contributed by atoms with van der Waals surface area (Å²) in [6.07, 6.45) is 2.45. The molecule has 0 bridgehead atoms. The van der Waals surface area contributed by atoms with Crippen molar-refractivity contribution in [3.05, 3.63) is 23.5 Å². The van der Waals surface area contributed by atoms with Crippen LogP contribution in [0, 0.1) is 12.3 Å². The lowest BCUT2D eigenvalue weighted by atomic mass is 9.81. The van der Waals surface area contributed by atoms with E-state index in [1.54, 1.807) is 12.3 Å². The van der Waals surface area contributed by atoms with Crippen molar-refractivity contribution in [3.63, 3.8) is 0 Å². The van der Waals surface area contributed by atoms with Gasteiger partial charge in [0.2, 0.25) is 0 Å². The Balaban J connectivity index is 2.87. The van der Waals surface area contributed by atoms with Crippen LogP contribution in [0.15, 0.2) is 12.3 Å². The van der Waals surface area contributed by atoms with Gasteiger partial charge in [0.25, 0.3) is 5.91 Å². The number of nitrogen functional groups attached to an aromatic ring is 1. The second kappa shape index (κ2) is 5.19. The van der Waals surface area contributed by atoms with Gasteiger partial charge in [0, 0.05) is 5.54 Å². The van der Waals surface area contributed by atoms with Gasteiger partial charge in [0.05, 0.1) is 23.1 Å². The third-order valence-electron chi connectivity index (χ3n) is 2.78. The Hall–Kier alpha value is -1.58. The summed E-state index contributed by atoms with van der Waals surface area (Å²) >= 11 is 0. The Morgan fingerprint density at radius 3 is 2.42 bits per heavy atom. The molecule has 0 fully saturated rings. The molecule has 1 heterocycles. The summed E-state index contributed by atoms with van der Waals surface area (Å²) in [5.41, 5.74) is 7.31. The van der Waals surface area contributed by atoms with Gasteiger partial charge in [-0.05, 0) is 38.7 Å². The molecule has 4 nitrogen and oxygen atoms in total. The van der Waals surface area contributed by atoms with Crippen molar-refractivity contribution in [2.24, 2.45) is 5.41 Å². The molecule has 0 saturated carbocycles. The maximum absolute atomic E-state index is 12.3. The fourth-order valence-corrected chi connectivity index (χ4v) is 2.52. The van der Waals surface area contributed by atoms with Crippen LogP contribution in [0.25, 0.3) is 0 Å². The molecule has 0 aliphatic carbocycles. The molecule has 0 unspecified atom stereocenters. The van der Waals surface area contributed by atoms with Gasteiger partial charge in [-0.15, -0.1) is 0 Å². The summed E-state index contributed by atoms with van der Waals surface area (Å²) < 4.78 is 0. The van der Waals surface area contributed by atoms with E-state index in [4.69, 9.17) is 5.73 Å². The molecule has 0 spiro atoms. The fourth-order valence-electron chi connectivity index (χ4n) is 2.52. The number of pyridine rings is 1. The zero-order valence-electron chi connectivity index (χ0n) is 12.8. The fraction of sp³-hybridized carbons (Fsp3) is 0.600. The number of hydrogen-bond donors (Lipinski definition) is 2. The van der Waals surface area contributed by atoms with Crippen molar-refractivity contribution in [1.29, 1.82) is 0 Å². The van der Waals surface area contributed by atoms with Crippen molar-refractivity contribution >= 4 is 11.6 Å². The van der Waals surface area contributed by atoms with E-state index in [2.05, 4.69) is 31.1 Å². The summed E-state index contributed by atoms with van der Waals surface area (Å²) in [6.45, 7) is 12.4. The highest BCUT2D eigenvalue weighted by Crippen LogP contribution is 2.27. The summed E-state index contributed by atoms with van der Waals surface area (Å²) in [5.74, 6) is -0.119. The lowest BCUT2D eigenvalue weighted by molar-refractivity contribution is 0.0890. The molecule has 4 heteroatoms. The molecule has 3 N–H and O–H groups in total. The van der Waals surface area contributed by atoms with Gasteiger partial charge in [-0.1, -0.05) is 20.8 Å². The first-order valence-electron chi connectivity index (χ1n) is 6.55. The number of hydrogen-bond acceptors (Lipinski definition) is 3. The standard InChI is InChI=1S/C15H25N3O/c1-10-12(7-11(16)8-17-10)13(19)18-15(5,6)9-14(2,3)4/h7-8H,9,16H2,1-6H3,(H,18,19). The van der Waals surface area contributed by atoms with Gasteiger partial charge in [0.15, 0.2) is 0 Å². The maximum atomic E-state index is 12.3. The number of nitrogens with zero attached hydrogens (tertiary/aromatic N) is 1. The predicted molar refractivity (Wildman–Crippen MR) is 79.0 cm³/mol. The Morgan fingerprint density at radius 2 is 1.89 bits per heavy atom. The average molecular weight is 263 g/mol. The van der Waals surface area contributed by atoms with Crippen LogP contribution in [0.1, 0.15) is 57.1 Å². The molecule has 1 amide bonds. The van der Waals surface area contributed by atoms with Crippen molar-refractivity contribution in [2.45, 2.75) is 53.5 Å². The van der Waals surface area contributed by atoms with Crippen LogP contribution in [-0.2, 0) is 0 Å². The Bertz CT molecular complexity index is 473. The first kappa shape index (κ1) is 15.5. The van der Waals surface area contributed by atoms with E-state index >= 15 is 0 Å². The quantitative estimate of drug-likeness (QED) is 0.881. The molecule has 1 aromatic heterocycles. The topological polar surface area (TPSA) is 68.0 Å². The summed E-state index contributed by atoms with van der Waals surface area (Å²) in [5, 5.41) is 3.06. The van der Waals surface area contributed by atoms with E-state index in [-0.39, 0.29) is 16.9 Å². The minimum atomic E-state index is -0.271. The molecule has 1 rings (SSSR count). The zero-order valence-corrected chi connectivity index (χ0v) is 12.8. The largest absolute Gasteiger partial charge is 0.397 e. The highest BCUT2D eigenvalue weighted by atomic mass is 16.1. The maximum Gasteiger partial charge on any atom is 0.253 e. The highest BCUT2D eigenvalue weighted by Gasteiger charge is 2.27. The van der Waals surface area contributed by atoms with Crippen LogP contribution < -0.4 is 11.1 Å². The number of aryl methyl sites for hydroxylation is 1. The smallest absolute Gasteiger partial charge is 0.253 e. The lowest BCUT2D eigenvalue weighted by Crippen LogP contribution is -2.46. The molecule has 0 aromatic carbocycles. The molecular weight excluding hydrogens is 238 g/mol. The van der Waals surface area contributed by atoms with Crippen LogP contribution >= 0.6 is 0 Å². The average Bonchev–Trinajstić information content (AvgIpc) is 2.16. The molecule has 1 aromatic rings. The molecule has 0 atom stereocenters. The molecule has 0 radical (unpaired) electrons. The van der Waals surface area contributed by atoms with Gasteiger partial charge in [-0.3, -0.25) is 9.78 Å². The number of nitrogens with one attached hydrogen (secondary N) is 1. The number of nitrogens with two attached hydrogens (primary N) is 1. The first-order valence-corrected chi connectivity index (χ1v) is 6.55. The van der Waals surface area contributed by atoms with Crippen molar-refractivity contribution in [3.8, 4) is 0 Å². The molecule has 106 valence electrons. The number of carbonyl (C=O) groups is 1. The Morgan fingerprint density at radius 1 is 1.32 bits per heavy atom. The molecule has 19 heavy (non-hydrogen) atoms. The van der Waals surface area contributed by atoms with Crippen LogP contribution in [0.3, 0.4) is 0 Å². The number of carbonyl (C=O) groups excluding carboxylic acids is 1. The third kappa shape index (κ3) is 4.89. The van der Waals surface area contributed by atoms with Gasteiger partial charge < -0.3 is 11.1 Å². The summed E-state index contributed by atoms with van der Waals surface area (Å²) in [4.78, 5) is 16.4. The van der Waals surface area contributed by atoms with Crippen molar-refractivity contribution in [1.82, 2.24) is 10.3 Å². The number of rotatable bonds is 3. The van der Waals surface area contributed by atoms with E-state index in [1.165, 1.54) is 0 Å². The Labute approximate surface area is 115 Å². The van der Waals surface area contributed by atoms with E-state index in [1.807, 2.05) is 20.8 Å². The minimum absolute atomic E-state index is 0.119. The molecule has 0 aliphatic heterocycles. The van der Waals surface area contributed by atoms with Crippen LogP contribution in [0.2, 0.25) is 0 Å². The van der Waals surface area contributed by atoms with Gasteiger partial charge in [0.1, 0.15) is 0 Å².